The van der Waals surface area contributed by atoms with E-state index in [0.717, 1.165) is 11.3 Å². The maximum atomic E-state index is 8.81. The smallest absolute Gasteiger partial charge is 0.124 e. The number of methoxy groups -OCH3 is 1. The lowest BCUT2D eigenvalue weighted by Gasteiger charge is -2.23. The van der Waals surface area contributed by atoms with Crippen LogP contribution in [0.3, 0.4) is 0 Å². The molecular formula is C13H20O3. The molecular weight excluding hydrogens is 204 g/mol. The Kier molecular flexibility index (Phi) is 5.29. The molecule has 0 amide bonds. The summed E-state index contributed by atoms with van der Waals surface area (Å²) in [6, 6.07) is 7.83. The molecule has 0 spiro atoms. The van der Waals surface area contributed by atoms with Crippen molar-refractivity contribution >= 4 is 0 Å². The van der Waals surface area contributed by atoms with Crippen LogP contribution in [0.1, 0.15) is 25.5 Å². The van der Waals surface area contributed by atoms with Crippen LogP contribution >= 0.6 is 0 Å². The van der Waals surface area contributed by atoms with Gasteiger partial charge in [-0.2, -0.15) is 0 Å². The molecule has 0 bridgehead atoms. The third-order valence-corrected chi connectivity index (χ3v) is 2.44. The van der Waals surface area contributed by atoms with Crippen molar-refractivity contribution < 1.29 is 14.6 Å². The lowest BCUT2D eigenvalue weighted by atomic mass is 9.98. The first-order valence-corrected chi connectivity index (χ1v) is 5.56. The fourth-order valence-electron chi connectivity index (χ4n) is 1.72. The van der Waals surface area contributed by atoms with Crippen LogP contribution < -0.4 is 4.74 Å². The van der Waals surface area contributed by atoms with Gasteiger partial charge in [-0.15, -0.1) is 0 Å². The Hall–Kier alpha value is -1.06. The third kappa shape index (κ3) is 3.22. The van der Waals surface area contributed by atoms with E-state index in [1.807, 2.05) is 24.3 Å². The highest BCUT2D eigenvalue weighted by atomic mass is 16.5. The third-order valence-electron chi connectivity index (χ3n) is 2.44. The normalized spacial score (nSPS) is 12.8. The summed E-state index contributed by atoms with van der Waals surface area (Å²) in [6.07, 6.45) is -0.0386. The summed E-state index contributed by atoms with van der Waals surface area (Å²) in [6.45, 7) is 4.57. The Morgan fingerprint density at radius 2 is 1.94 bits per heavy atom. The van der Waals surface area contributed by atoms with E-state index in [1.54, 1.807) is 7.11 Å². The van der Waals surface area contributed by atoms with Gasteiger partial charge in [0.05, 0.1) is 26.4 Å². The number of ether oxygens (including phenoxy) is 2. The molecule has 0 aliphatic carbocycles. The summed E-state index contributed by atoms with van der Waals surface area (Å²) in [5.41, 5.74) is 1.04. The molecule has 0 aliphatic rings. The zero-order valence-corrected chi connectivity index (χ0v) is 10.1. The van der Waals surface area contributed by atoms with Crippen molar-refractivity contribution in [2.24, 2.45) is 5.92 Å². The summed E-state index contributed by atoms with van der Waals surface area (Å²) in [5.74, 6) is 1.17. The maximum Gasteiger partial charge on any atom is 0.124 e. The first-order chi connectivity index (χ1) is 7.70. The quantitative estimate of drug-likeness (QED) is 0.806. The van der Waals surface area contributed by atoms with Gasteiger partial charge in [-0.05, 0) is 12.0 Å². The van der Waals surface area contributed by atoms with Crippen LogP contribution in [0, 0.1) is 5.92 Å². The fraction of sp³-hybridized carbons (Fsp3) is 0.538. The van der Waals surface area contributed by atoms with E-state index in [-0.39, 0.29) is 12.7 Å². The van der Waals surface area contributed by atoms with Gasteiger partial charge in [0.25, 0.3) is 0 Å². The Morgan fingerprint density at radius 3 is 2.50 bits per heavy atom. The number of para-hydroxylation sites is 1. The predicted octanol–water partition coefficient (Wildman–Crippen LogP) is 2.40. The van der Waals surface area contributed by atoms with Crippen molar-refractivity contribution in [3.63, 3.8) is 0 Å². The standard InChI is InChI=1S/C13H20O3/c1-10(2)13(16-9-8-14)11-6-4-5-7-12(11)15-3/h4-7,10,13-14H,8-9H2,1-3H3. The first kappa shape index (κ1) is 13.0. The van der Waals surface area contributed by atoms with Crippen molar-refractivity contribution in [2.75, 3.05) is 20.3 Å². The van der Waals surface area contributed by atoms with Crippen molar-refractivity contribution in [3.05, 3.63) is 29.8 Å². The van der Waals surface area contributed by atoms with Crippen LogP contribution in [0.5, 0.6) is 5.75 Å². The molecule has 1 aromatic carbocycles. The van der Waals surface area contributed by atoms with Gasteiger partial charge in [-0.3, -0.25) is 0 Å². The minimum absolute atomic E-state index is 0.0386. The van der Waals surface area contributed by atoms with Gasteiger partial charge in [-0.1, -0.05) is 32.0 Å². The van der Waals surface area contributed by atoms with E-state index < -0.39 is 0 Å². The van der Waals surface area contributed by atoms with Crippen molar-refractivity contribution in [1.29, 1.82) is 0 Å². The zero-order valence-electron chi connectivity index (χ0n) is 10.1. The van der Waals surface area contributed by atoms with Crippen molar-refractivity contribution in [3.8, 4) is 5.75 Å². The van der Waals surface area contributed by atoms with Crippen LogP contribution in [-0.4, -0.2) is 25.4 Å². The van der Waals surface area contributed by atoms with E-state index in [1.165, 1.54) is 0 Å². The number of aliphatic hydroxyl groups is 1. The molecule has 90 valence electrons. The van der Waals surface area contributed by atoms with E-state index in [4.69, 9.17) is 14.6 Å². The molecule has 3 nitrogen and oxygen atoms in total. The Labute approximate surface area is 97.0 Å². The second-order valence-electron chi connectivity index (χ2n) is 4.00. The molecule has 1 N–H and O–H groups in total. The number of benzene rings is 1. The topological polar surface area (TPSA) is 38.7 Å². The van der Waals surface area contributed by atoms with E-state index >= 15 is 0 Å². The molecule has 0 saturated heterocycles. The number of aliphatic hydroxyl groups excluding tert-OH is 1. The lowest BCUT2D eigenvalue weighted by molar-refractivity contribution is 0.000451. The van der Waals surface area contributed by atoms with Gasteiger partial charge in [0.15, 0.2) is 0 Å². The Balaban J connectivity index is 2.91. The molecule has 0 aliphatic heterocycles. The zero-order chi connectivity index (χ0) is 12.0. The number of rotatable bonds is 6. The van der Waals surface area contributed by atoms with Crippen molar-refractivity contribution in [2.45, 2.75) is 20.0 Å². The molecule has 1 aromatic rings. The Morgan fingerprint density at radius 1 is 1.25 bits per heavy atom. The van der Waals surface area contributed by atoms with E-state index in [0.29, 0.717) is 12.5 Å². The fourth-order valence-corrected chi connectivity index (χ4v) is 1.72. The summed E-state index contributed by atoms with van der Waals surface area (Å²) >= 11 is 0. The van der Waals surface area contributed by atoms with Gasteiger partial charge in [-0.25, -0.2) is 0 Å². The molecule has 0 fully saturated rings. The second-order valence-corrected chi connectivity index (χ2v) is 4.00. The average molecular weight is 224 g/mol. The maximum absolute atomic E-state index is 8.81. The average Bonchev–Trinajstić information content (AvgIpc) is 2.29. The van der Waals surface area contributed by atoms with E-state index in [9.17, 15) is 0 Å². The lowest BCUT2D eigenvalue weighted by Crippen LogP contribution is -2.14. The van der Waals surface area contributed by atoms with Crippen molar-refractivity contribution in [1.82, 2.24) is 0 Å². The van der Waals surface area contributed by atoms with Gasteiger partial charge < -0.3 is 14.6 Å². The molecule has 0 saturated carbocycles. The molecule has 0 aromatic heterocycles. The van der Waals surface area contributed by atoms with Gasteiger partial charge in [0.2, 0.25) is 0 Å². The summed E-state index contributed by atoms with van der Waals surface area (Å²) in [5, 5.41) is 8.81. The molecule has 0 heterocycles. The van der Waals surface area contributed by atoms with Gasteiger partial charge >= 0.3 is 0 Å². The Bertz CT molecular complexity index is 310. The van der Waals surface area contributed by atoms with Crippen LogP contribution in [0.4, 0.5) is 0 Å². The highest BCUT2D eigenvalue weighted by Crippen LogP contribution is 2.32. The largest absolute Gasteiger partial charge is 0.496 e. The summed E-state index contributed by atoms with van der Waals surface area (Å²) in [7, 11) is 1.66. The highest BCUT2D eigenvalue weighted by Gasteiger charge is 2.19. The van der Waals surface area contributed by atoms with Crippen LogP contribution in [0.15, 0.2) is 24.3 Å². The first-order valence-electron chi connectivity index (χ1n) is 5.56. The monoisotopic (exact) mass is 224 g/mol. The SMILES string of the molecule is COc1ccccc1C(OCCO)C(C)C. The molecule has 1 atom stereocenters. The predicted molar refractivity (Wildman–Crippen MR) is 63.6 cm³/mol. The molecule has 16 heavy (non-hydrogen) atoms. The molecule has 0 radical (unpaired) electrons. The number of hydrogen-bond donors (Lipinski definition) is 1. The second kappa shape index (κ2) is 6.51. The minimum atomic E-state index is -0.0386. The number of hydrogen-bond acceptors (Lipinski definition) is 3. The van der Waals surface area contributed by atoms with Crippen LogP contribution in [0.25, 0.3) is 0 Å². The van der Waals surface area contributed by atoms with Gasteiger partial charge in [0, 0.05) is 5.56 Å². The molecule has 1 unspecified atom stereocenters. The van der Waals surface area contributed by atoms with Crippen LogP contribution in [0.2, 0.25) is 0 Å². The molecule has 3 heteroatoms. The summed E-state index contributed by atoms with van der Waals surface area (Å²) in [4.78, 5) is 0. The van der Waals surface area contributed by atoms with Crippen LogP contribution in [-0.2, 0) is 4.74 Å². The minimum Gasteiger partial charge on any atom is -0.496 e. The summed E-state index contributed by atoms with van der Waals surface area (Å²) < 4.78 is 11.0. The molecule has 1 rings (SSSR count). The van der Waals surface area contributed by atoms with Gasteiger partial charge in [0.1, 0.15) is 5.75 Å². The van der Waals surface area contributed by atoms with E-state index in [2.05, 4.69) is 13.8 Å². The highest BCUT2D eigenvalue weighted by molar-refractivity contribution is 5.35.